The van der Waals surface area contributed by atoms with Crippen LogP contribution in [0.25, 0.3) is 0 Å². The molecule has 0 amide bonds. The van der Waals surface area contributed by atoms with Crippen LogP contribution in [0.2, 0.25) is 5.02 Å². The van der Waals surface area contributed by atoms with Gasteiger partial charge in [0.05, 0.1) is 5.02 Å². The van der Waals surface area contributed by atoms with Gasteiger partial charge in [0.1, 0.15) is 0 Å². The Labute approximate surface area is 90.8 Å². The summed E-state index contributed by atoms with van der Waals surface area (Å²) in [7, 11) is 0. The Balaban J connectivity index is 2.86. The molecule has 0 aliphatic carbocycles. The third-order valence-electron chi connectivity index (χ3n) is 1.26. The van der Waals surface area contributed by atoms with E-state index in [1.807, 2.05) is 18.2 Å². The van der Waals surface area contributed by atoms with E-state index in [4.69, 9.17) is 11.6 Å². The summed E-state index contributed by atoms with van der Waals surface area (Å²) in [4.78, 5) is 1.15. The van der Waals surface area contributed by atoms with Gasteiger partial charge < -0.3 is 0 Å². The van der Waals surface area contributed by atoms with Gasteiger partial charge in [-0.25, -0.2) is 0 Å². The predicted molar refractivity (Wildman–Crippen MR) is 60.1 cm³/mol. The van der Waals surface area contributed by atoms with E-state index in [9.17, 15) is 0 Å². The van der Waals surface area contributed by atoms with Crippen molar-refractivity contribution in [3.63, 3.8) is 0 Å². The minimum absolute atomic E-state index is 0.573. The molecule has 1 rings (SSSR count). The molecule has 0 atom stereocenters. The molecular weight excluding hydrogens is 256 g/mol. The van der Waals surface area contributed by atoms with Crippen molar-refractivity contribution in [1.82, 2.24) is 0 Å². The van der Waals surface area contributed by atoms with Crippen LogP contribution in [0.4, 0.5) is 0 Å². The van der Waals surface area contributed by atoms with Gasteiger partial charge in [0.2, 0.25) is 0 Å². The highest BCUT2D eigenvalue weighted by Gasteiger charge is 2.03. The largest absolute Gasteiger partial charge is 0.122 e. The van der Waals surface area contributed by atoms with Gasteiger partial charge in [0.15, 0.2) is 0 Å². The van der Waals surface area contributed by atoms with E-state index in [1.54, 1.807) is 11.8 Å². The lowest BCUT2D eigenvalue weighted by Gasteiger charge is -2.06. The SMILES string of the molecule is CC(C)Sc1ccc(Br)cc1Cl. The quantitative estimate of drug-likeness (QED) is 0.704. The summed E-state index contributed by atoms with van der Waals surface area (Å²) in [5.41, 5.74) is 0. The molecule has 0 saturated carbocycles. The Morgan fingerprint density at radius 3 is 2.58 bits per heavy atom. The van der Waals surface area contributed by atoms with Crippen LogP contribution < -0.4 is 0 Å². The zero-order chi connectivity index (χ0) is 9.14. The second-order valence-electron chi connectivity index (χ2n) is 2.74. The highest BCUT2D eigenvalue weighted by atomic mass is 79.9. The lowest BCUT2D eigenvalue weighted by molar-refractivity contribution is 1.11. The Hall–Kier alpha value is 0.340. The molecule has 0 bridgehead atoms. The van der Waals surface area contributed by atoms with Crippen LogP contribution in [0.3, 0.4) is 0 Å². The topological polar surface area (TPSA) is 0 Å². The van der Waals surface area contributed by atoms with Crippen LogP contribution in [0.15, 0.2) is 27.6 Å². The van der Waals surface area contributed by atoms with Crippen molar-refractivity contribution in [3.05, 3.63) is 27.7 Å². The Bertz CT molecular complexity index is 273. The first-order valence-corrected chi connectivity index (χ1v) is 5.76. The third-order valence-corrected chi connectivity index (χ3v) is 3.26. The van der Waals surface area contributed by atoms with Gasteiger partial charge in [0.25, 0.3) is 0 Å². The highest BCUT2D eigenvalue weighted by molar-refractivity contribution is 9.10. The van der Waals surface area contributed by atoms with E-state index in [-0.39, 0.29) is 0 Å². The smallest absolute Gasteiger partial charge is 0.0553 e. The number of hydrogen-bond donors (Lipinski definition) is 0. The standard InChI is InChI=1S/C9H10BrClS/c1-6(2)12-9-4-3-7(10)5-8(9)11/h3-6H,1-2H3. The average molecular weight is 266 g/mol. The molecule has 0 radical (unpaired) electrons. The van der Waals surface area contributed by atoms with Crippen molar-refractivity contribution in [2.75, 3.05) is 0 Å². The van der Waals surface area contributed by atoms with Crippen molar-refractivity contribution >= 4 is 39.3 Å². The van der Waals surface area contributed by atoms with Gasteiger partial charge in [-0.15, -0.1) is 11.8 Å². The second-order valence-corrected chi connectivity index (χ2v) is 5.68. The van der Waals surface area contributed by atoms with Crippen molar-refractivity contribution in [1.29, 1.82) is 0 Å². The lowest BCUT2D eigenvalue weighted by Crippen LogP contribution is -1.86. The summed E-state index contributed by atoms with van der Waals surface area (Å²) in [6, 6.07) is 5.97. The Kier molecular flexibility index (Phi) is 3.94. The van der Waals surface area contributed by atoms with Crippen LogP contribution in [0.5, 0.6) is 0 Å². The van der Waals surface area contributed by atoms with Crippen molar-refractivity contribution < 1.29 is 0 Å². The predicted octanol–water partition coefficient (Wildman–Crippen LogP) is 4.60. The maximum atomic E-state index is 6.02. The summed E-state index contributed by atoms with van der Waals surface area (Å²) >= 11 is 11.2. The second kappa shape index (κ2) is 4.54. The molecular formula is C9H10BrClS. The summed E-state index contributed by atoms with van der Waals surface area (Å²) in [6.07, 6.45) is 0. The van der Waals surface area contributed by atoms with Gasteiger partial charge in [0, 0.05) is 14.6 Å². The molecule has 12 heavy (non-hydrogen) atoms. The third kappa shape index (κ3) is 3.00. The molecule has 0 aliphatic heterocycles. The number of thioether (sulfide) groups is 1. The molecule has 1 aromatic rings. The van der Waals surface area contributed by atoms with E-state index in [0.29, 0.717) is 5.25 Å². The molecule has 3 heteroatoms. The molecule has 0 heterocycles. The fraction of sp³-hybridized carbons (Fsp3) is 0.333. The normalized spacial score (nSPS) is 10.8. The van der Waals surface area contributed by atoms with Crippen molar-refractivity contribution in [2.45, 2.75) is 24.0 Å². The molecule has 0 fully saturated rings. The first kappa shape index (κ1) is 10.4. The molecule has 0 aliphatic rings. The van der Waals surface area contributed by atoms with Gasteiger partial charge >= 0.3 is 0 Å². The lowest BCUT2D eigenvalue weighted by atomic mass is 10.4. The van der Waals surface area contributed by atoms with E-state index in [0.717, 1.165) is 14.4 Å². The summed E-state index contributed by atoms with van der Waals surface area (Å²) < 4.78 is 1.03. The van der Waals surface area contributed by atoms with Gasteiger partial charge in [-0.3, -0.25) is 0 Å². The molecule has 0 nitrogen and oxygen atoms in total. The minimum Gasteiger partial charge on any atom is -0.122 e. The van der Waals surface area contributed by atoms with Crippen molar-refractivity contribution in [2.24, 2.45) is 0 Å². The fourth-order valence-corrected chi connectivity index (χ4v) is 2.46. The Morgan fingerprint density at radius 1 is 1.42 bits per heavy atom. The monoisotopic (exact) mass is 264 g/mol. The highest BCUT2D eigenvalue weighted by Crippen LogP contribution is 2.31. The zero-order valence-electron chi connectivity index (χ0n) is 6.97. The molecule has 0 unspecified atom stereocenters. The number of benzene rings is 1. The van der Waals surface area contributed by atoms with Gasteiger partial charge in [-0.2, -0.15) is 0 Å². The molecule has 0 saturated heterocycles. The Morgan fingerprint density at radius 2 is 2.08 bits per heavy atom. The maximum Gasteiger partial charge on any atom is 0.0553 e. The summed E-state index contributed by atoms with van der Waals surface area (Å²) in [5, 5.41) is 1.40. The maximum absolute atomic E-state index is 6.02. The molecule has 0 spiro atoms. The van der Waals surface area contributed by atoms with E-state index >= 15 is 0 Å². The van der Waals surface area contributed by atoms with Gasteiger partial charge in [-0.05, 0) is 18.2 Å². The van der Waals surface area contributed by atoms with Crippen LogP contribution in [0, 0.1) is 0 Å². The number of halogens is 2. The first-order chi connectivity index (χ1) is 5.59. The molecule has 0 aromatic heterocycles. The fourth-order valence-electron chi connectivity index (χ4n) is 0.825. The molecule has 1 aromatic carbocycles. The number of rotatable bonds is 2. The minimum atomic E-state index is 0.573. The molecule has 0 N–H and O–H groups in total. The van der Waals surface area contributed by atoms with Crippen LogP contribution in [-0.2, 0) is 0 Å². The average Bonchev–Trinajstić information content (AvgIpc) is 1.94. The zero-order valence-corrected chi connectivity index (χ0v) is 10.1. The summed E-state index contributed by atoms with van der Waals surface area (Å²) in [5.74, 6) is 0. The summed E-state index contributed by atoms with van der Waals surface area (Å²) in [6.45, 7) is 4.31. The van der Waals surface area contributed by atoms with Gasteiger partial charge in [-0.1, -0.05) is 41.4 Å². The van der Waals surface area contributed by atoms with Crippen LogP contribution >= 0.6 is 39.3 Å². The van der Waals surface area contributed by atoms with Crippen molar-refractivity contribution in [3.8, 4) is 0 Å². The van der Waals surface area contributed by atoms with E-state index in [1.165, 1.54) is 0 Å². The van der Waals surface area contributed by atoms with E-state index in [2.05, 4.69) is 29.8 Å². The first-order valence-electron chi connectivity index (χ1n) is 3.71. The number of hydrogen-bond acceptors (Lipinski definition) is 1. The molecule has 66 valence electrons. The van der Waals surface area contributed by atoms with Crippen LogP contribution in [-0.4, -0.2) is 5.25 Å². The van der Waals surface area contributed by atoms with E-state index < -0.39 is 0 Å². The van der Waals surface area contributed by atoms with Crippen LogP contribution in [0.1, 0.15) is 13.8 Å².